The van der Waals surface area contributed by atoms with E-state index in [1.165, 1.54) is 0 Å². The highest BCUT2D eigenvalue weighted by Crippen LogP contribution is 2.18. The lowest BCUT2D eigenvalue weighted by molar-refractivity contribution is 0.102. The van der Waals surface area contributed by atoms with Crippen LogP contribution in [-0.2, 0) is 11.3 Å². The van der Waals surface area contributed by atoms with Crippen LogP contribution in [0.5, 0.6) is 0 Å². The summed E-state index contributed by atoms with van der Waals surface area (Å²) in [4.78, 5) is 12.1. The first-order valence-electron chi connectivity index (χ1n) is 6.23. The molecule has 0 saturated carbocycles. The Balaban J connectivity index is 2.03. The molecule has 2 aromatic carbocycles. The van der Waals surface area contributed by atoms with Crippen molar-refractivity contribution in [3.8, 4) is 0 Å². The zero-order chi connectivity index (χ0) is 15.2. The fourth-order valence-electron chi connectivity index (χ4n) is 1.71. The van der Waals surface area contributed by atoms with Crippen LogP contribution in [0.2, 0.25) is 0 Å². The van der Waals surface area contributed by atoms with Crippen LogP contribution in [0.3, 0.4) is 0 Å². The van der Waals surface area contributed by atoms with Crippen molar-refractivity contribution in [3.05, 3.63) is 59.7 Å². The minimum absolute atomic E-state index is 0.00336. The van der Waals surface area contributed by atoms with Crippen LogP contribution < -0.4 is 16.8 Å². The SMILES string of the molecule is NC(=S)OCc1ccc(C(=O)Nc2ccccc2N)cc1. The summed E-state index contributed by atoms with van der Waals surface area (Å²) in [6.07, 6.45) is 0. The molecule has 1 amide bonds. The third-order valence-electron chi connectivity index (χ3n) is 2.81. The summed E-state index contributed by atoms with van der Waals surface area (Å²) in [6, 6.07) is 14.1. The molecule has 0 heterocycles. The molecule has 5 N–H and O–H groups in total. The van der Waals surface area contributed by atoms with Crippen LogP contribution in [0.1, 0.15) is 15.9 Å². The molecular weight excluding hydrogens is 286 g/mol. The summed E-state index contributed by atoms with van der Waals surface area (Å²) < 4.78 is 5.03. The van der Waals surface area contributed by atoms with Crippen molar-refractivity contribution >= 4 is 34.7 Å². The molecule has 0 atom stereocenters. The first-order valence-corrected chi connectivity index (χ1v) is 6.64. The van der Waals surface area contributed by atoms with Gasteiger partial charge in [0, 0.05) is 5.56 Å². The van der Waals surface area contributed by atoms with Gasteiger partial charge in [-0.2, -0.15) is 0 Å². The predicted octanol–water partition coefficient (Wildman–Crippen LogP) is 2.28. The van der Waals surface area contributed by atoms with Crippen molar-refractivity contribution in [3.63, 3.8) is 0 Å². The molecule has 5 nitrogen and oxygen atoms in total. The topological polar surface area (TPSA) is 90.4 Å². The van der Waals surface area contributed by atoms with Crippen molar-refractivity contribution in [2.75, 3.05) is 11.1 Å². The molecule has 0 aliphatic rings. The van der Waals surface area contributed by atoms with Crippen LogP contribution in [0.25, 0.3) is 0 Å². The molecule has 0 saturated heterocycles. The number of rotatable bonds is 4. The molecule has 0 unspecified atom stereocenters. The van der Waals surface area contributed by atoms with Crippen molar-refractivity contribution in [1.82, 2.24) is 0 Å². The van der Waals surface area contributed by atoms with Gasteiger partial charge in [0.2, 0.25) is 0 Å². The Morgan fingerprint density at radius 1 is 1.14 bits per heavy atom. The number of para-hydroxylation sites is 2. The van der Waals surface area contributed by atoms with Gasteiger partial charge in [-0.05, 0) is 42.0 Å². The summed E-state index contributed by atoms with van der Waals surface area (Å²) in [6.45, 7) is 0.281. The van der Waals surface area contributed by atoms with Crippen LogP contribution in [0.4, 0.5) is 11.4 Å². The number of anilines is 2. The van der Waals surface area contributed by atoms with Crippen molar-refractivity contribution in [2.45, 2.75) is 6.61 Å². The third kappa shape index (κ3) is 4.19. The number of thiocarbonyl (C=S) groups is 1. The zero-order valence-electron chi connectivity index (χ0n) is 11.2. The summed E-state index contributed by atoms with van der Waals surface area (Å²) in [5, 5.41) is 2.76. The molecule has 0 spiro atoms. The molecule has 0 bridgehead atoms. The van der Waals surface area contributed by atoms with Gasteiger partial charge in [0.25, 0.3) is 11.1 Å². The maximum atomic E-state index is 12.1. The first-order chi connectivity index (χ1) is 10.1. The number of hydrogen-bond acceptors (Lipinski definition) is 4. The molecule has 0 radical (unpaired) electrons. The number of nitrogens with one attached hydrogen (secondary N) is 1. The number of amides is 1. The highest BCUT2D eigenvalue weighted by atomic mass is 32.1. The number of nitrogen functional groups attached to an aromatic ring is 1. The van der Waals surface area contributed by atoms with E-state index in [1.807, 2.05) is 12.1 Å². The second-order valence-corrected chi connectivity index (χ2v) is 4.75. The quantitative estimate of drug-likeness (QED) is 0.595. The van der Waals surface area contributed by atoms with E-state index in [0.29, 0.717) is 16.9 Å². The Kier molecular flexibility index (Phi) is 4.73. The highest BCUT2D eigenvalue weighted by molar-refractivity contribution is 7.80. The molecule has 0 fully saturated rings. The number of benzene rings is 2. The smallest absolute Gasteiger partial charge is 0.255 e. The lowest BCUT2D eigenvalue weighted by Crippen LogP contribution is -2.14. The first kappa shape index (κ1) is 14.8. The van der Waals surface area contributed by atoms with Crippen LogP contribution >= 0.6 is 12.2 Å². The van der Waals surface area contributed by atoms with Gasteiger partial charge < -0.3 is 21.5 Å². The molecule has 6 heteroatoms. The van der Waals surface area contributed by atoms with Gasteiger partial charge in [-0.3, -0.25) is 4.79 Å². The molecule has 2 aromatic rings. The minimum atomic E-state index is -0.227. The number of carbonyl (C=O) groups is 1. The van der Waals surface area contributed by atoms with E-state index >= 15 is 0 Å². The average molecular weight is 301 g/mol. The number of hydrogen-bond donors (Lipinski definition) is 3. The Morgan fingerprint density at radius 2 is 1.81 bits per heavy atom. The standard InChI is InChI=1S/C15H15N3O2S/c16-12-3-1-2-4-13(12)18-14(19)11-7-5-10(6-8-11)9-20-15(17)21/h1-8H,9,16H2,(H2,17,21)(H,18,19). The molecular formula is C15H15N3O2S. The number of ether oxygens (including phenoxy) is 1. The fraction of sp³-hybridized carbons (Fsp3) is 0.0667. The van der Waals surface area contributed by atoms with Gasteiger partial charge in [0.1, 0.15) is 6.61 Å². The molecule has 0 aliphatic heterocycles. The Bertz CT molecular complexity index is 656. The van der Waals surface area contributed by atoms with Crippen LogP contribution in [-0.4, -0.2) is 11.1 Å². The summed E-state index contributed by atoms with van der Waals surface area (Å²) >= 11 is 4.63. The second-order valence-electron chi connectivity index (χ2n) is 4.35. The Morgan fingerprint density at radius 3 is 2.43 bits per heavy atom. The highest BCUT2D eigenvalue weighted by Gasteiger charge is 2.07. The van der Waals surface area contributed by atoms with E-state index in [1.54, 1.807) is 36.4 Å². The normalized spacial score (nSPS) is 9.90. The van der Waals surface area contributed by atoms with E-state index in [9.17, 15) is 4.79 Å². The van der Waals surface area contributed by atoms with E-state index in [4.69, 9.17) is 16.2 Å². The molecule has 0 aromatic heterocycles. The minimum Gasteiger partial charge on any atom is -0.466 e. The monoisotopic (exact) mass is 301 g/mol. The van der Waals surface area contributed by atoms with E-state index < -0.39 is 0 Å². The zero-order valence-corrected chi connectivity index (χ0v) is 12.0. The summed E-state index contributed by atoms with van der Waals surface area (Å²) in [5.41, 5.74) is 13.5. The van der Waals surface area contributed by atoms with E-state index in [0.717, 1.165) is 5.56 Å². The lowest BCUT2D eigenvalue weighted by atomic mass is 10.1. The molecule has 21 heavy (non-hydrogen) atoms. The lowest BCUT2D eigenvalue weighted by Gasteiger charge is -2.08. The number of nitrogens with two attached hydrogens (primary N) is 2. The van der Waals surface area contributed by atoms with Gasteiger partial charge in [-0.25, -0.2) is 0 Å². The Labute approximate surface area is 127 Å². The summed E-state index contributed by atoms with van der Waals surface area (Å²) in [7, 11) is 0. The maximum Gasteiger partial charge on any atom is 0.255 e. The van der Waals surface area contributed by atoms with Crippen LogP contribution in [0.15, 0.2) is 48.5 Å². The molecule has 108 valence electrons. The second kappa shape index (κ2) is 6.71. The largest absolute Gasteiger partial charge is 0.466 e. The van der Waals surface area contributed by atoms with Gasteiger partial charge in [-0.15, -0.1) is 0 Å². The van der Waals surface area contributed by atoms with Crippen molar-refractivity contribution in [1.29, 1.82) is 0 Å². The van der Waals surface area contributed by atoms with Gasteiger partial charge in [0.05, 0.1) is 11.4 Å². The van der Waals surface area contributed by atoms with Crippen molar-refractivity contribution < 1.29 is 9.53 Å². The van der Waals surface area contributed by atoms with E-state index in [2.05, 4.69) is 17.5 Å². The van der Waals surface area contributed by atoms with E-state index in [-0.39, 0.29) is 17.7 Å². The van der Waals surface area contributed by atoms with Crippen LogP contribution in [0, 0.1) is 0 Å². The summed E-state index contributed by atoms with van der Waals surface area (Å²) in [5.74, 6) is -0.227. The van der Waals surface area contributed by atoms with Gasteiger partial charge in [-0.1, -0.05) is 24.3 Å². The van der Waals surface area contributed by atoms with Gasteiger partial charge >= 0.3 is 0 Å². The van der Waals surface area contributed by atoms with Crippen molar-refractivity contribution in [2.24, 2.45) is 5.73 Å². The molecule has 2 rings (SSSR count). The average Bonchev–Trinajstić information content (AvgIpc) is 2.48. The van der Waals surface area contributed by atoms with Gasteiger partial charge in [0.15, 0.2) is 0 Å². The Hall–Kier alpha value is -2.60. The fourth-order valence-corrected chi connectivity index (χ4v) is 1.77. The predicted molar refractivity (Wildman–Crippen MR) is 86.8 cm³/mol. The number of carbonyl (C=O) groups excluding carboxylic acids is 1. The molecule has 0 aliphatic carbocycles. The third-order valence-corrected chi connectivity index (χ3v) is 2.92. The maximum absolute atomic E-state index is 12.1.